The Balaban J connectivity index is 1.34. The summed E-state index contributed by atoms with van der Waals surface area (Å²) in [5, 5.41) is 14.8. The molecule has 8 heteroatoms. The molecule has 1 amide bonds. The molecule has 128 valence electrons. The van der Waals surface area contributed by atoms with Crippen LogP contribution in [0.4, 0.5) is 0 Å². The van der Waals surface area contributed by atoms with E-state index in [4.69, 9.17) is 4.52 Å². The Kier molecular flexibility index (Phi) is 3.79. The van der Waals surface area contributed by atoms with Gasteiger partial charge in [0.25, 0.3) is 5.89 Å². The van der Waals surface area contributed by atoms with Crippen molar-refractivity contribution in [3.8, 4) is 11.6 Å². The Morgan fingerprint density at radius 1 is 1.32 bits per heavy atom. The van der Waals surface area contributed by atoms with Crippen LogP contribution in [-0.4, -0.2) is 37.6 Å². The van der Waals surface area contributed by atoms with Gasteiger partial charge in [0.2, 0.25) is 5.91 Å². The maximum atomic E-state index is 12.6. The minimum atomic E-state index is -0.351. The smallest absolute Gasteiger partial charge is 0.280 e. The van der Waals surface area contributed by atoms with Crippen molar-refractivity contribution < 1.29 is 9.32 Å². The molecule has 25 heavy (non-hydrogen) atoms. The monoisotopic (exact) mass is 338 g/mol. The molecule has 3 aromatic rings. The molecule has 0 saturated heterocycles. The van der Waals surface area contributed by atoms with Gasteiger partial charge in [0, 0.05) is 6.54 Å². The summed E-state index contributed by atoms with van der Waals surface area (Å²) in [5.41, 5.74) is 1.26. The second-order valence-electron chi connectivity index (χ2n) is 6.22. The highest BCUT2D eigenvalue weighted by Crippen LogP contribution is 2.48. The average Bonchev–Trinajstić information content (AvgIpc) is 3.12. The summed E-state index contributed by atoms with van der Waals surface area (Å²) >= 11 is 0. The molecule has 1 saturated carbocycles. The lowest BCUT2D eigenvalue weighted by Gasteiger charge is -2.15. The number of amides is 1. The standard InChI is InChI=1S/C17H18N6O2/c1-12-19-15(25-21-12)14-11-23(22-20-14)10-9-18-16(24)17(7-8-17)13-5-3-2-4-6-13/h2-6,11H,7-10H2,1H3,(H,18,24). The van der Waals surface area contributed by atoms with Crippen LogP contribution in [0.1, 0.15) is 24.2 Å². The molecular formula is C17H18N6O2. The number of nitrogens with one attached hydrogen (secondary N) is 1. The number of carbonyl (C=O) groups is 1. The van der Waals surface area contributed by atoms with Crippen molar-refractivity contribution in [1.29, 1.82) is 0 Å². The number of rotatable bonds is 6. The van der Waals surface area contributed by atoms with Crippen LogP contribution in [-0.2, 0) is 16.8 Å². The molecule has 2 aromatic heterocycles. The minimum Gasteiger partial charge on any atom is -0.353 e. The van der Waals surface area contributed by atoms with Gasteiger partial charge >= 0.3 is 0 Å². The lowest BCUT2D eigenvalue weighted by molar-refractivity contribution is -0.123. The Labute approximate surface area is 144 Å². The number of aryl methyl sites for hydroxylation is 1. The summed E-state index contributed by atoms with van der Waals surface area (Å²) in [6.07, 6.45) is 3.52. The van der Waals surface area contributed by atoms with Gasteiger partial charge < -0.3 is 9.84 Å². The van der Waals surface area contributed by atoms with Crippen molar-refractivity contribution in [2.75, 3.05) is 6.54 Å². The number of benzene rings is 1. The predicted molar refractivity (Wildman–Crippen MR) is 88.4 cm³/mol. The maximum Gasteiger partial charge on any atom is 0.280 e. The largest absolute Gasteiger partial charge is 0.353 e. The quantitative estimate of drug-likeness (QED) is 0.731. The van der Waals surface area contributed by atoms with Crippen molar-refractivity contribution in [1.82, 2.24) is 30.5 Å². The molecule has 0 unspecified atom stereocenters. The lowest BCUT2D eigenvalue weighted by Crippen LogP contribution is -2.36. The first kappa shape index (κ1) is 15.5. The molecular weight excluding hydrogens is 320 g/mol. The summed E-state index contributed by atoms with van der Waals surface area (Å²) in [6, 6.07) is 9.94. The second-order valence-corrected chi connectivity index (χ2v) is 6.22. The van der Waals surface area contributed by atoms with E-state index in [-0.39, 0.29) is 11.3 Å². The SMILES string of the molecule is Cc1noc(-c2cn(CCNC(=O)C3(c4ccccc4)CC3)nn2)n1. The molecule has 0 aliphatic heterocycles. The Morgan fingerprint density at radius 3 is 2.80 bits per heavy atom. The van der Waals surface area contributed by atoms with E-state index in [1.54, 1.807) is 17.8 Å². The number of nitrogens with zero attached hydrogens (tertiary/aromatic N) is 5. The molecule has 8 nitrogen and oxygen atoms in total. The van der Waals surface area contributed by atoms with Gasteiger partial charge in [0.05, 0.1) is 18.2 Å². The summed E-state index contributed by atoms with van der Waals surface area (Å²) in [5.74, 6) is 0.966. The Morgan fingerprint density at radius 2 is 2.12 bits per heavy atom. The fraction of sp³-hybridized carbons (Fsp3) is 0.353. The van der Waals surface area contributed by atoms with E-state index in [1.165, 1.54) is 0 Å². The second kappa shape index (κ2) is 6.12. The number of hydrogen-bond donors (Lipinski definition) is 1. The highest BCUT2D eigenvalue weighted by molar-refractivity contribution is 5.91. The number of hydrogen-bond acceptors (Lipinski definition) is 6. The Bertz CT molecular complexity index is 881. The van der Waals surface area contributed by atoms with E-state index in [1.807, 2.05) is 30.3 Å². The molecule has 1 aromatic carbocycles. The molecule has 2 heterocycles. The molecule has 1 fully saturated rings. The third-order valence-electron chi connectivity index (χ3n) is 4.42. The molecule has 1 aliphatic carbocycles. The van der Waals surface area contributed by atoms with Gasteiger partial charge in [-0.05, 0) is 25.3 Å². The van der Waals surface area contributed by atoms with Gasteiger partial charge in [0.15, 0.2) is 11.5 Å². The molecule has 4 rings (SSSR count). The third kappa shape index (κ3) is 3.02. The molecule has 0 spiro atoms. The fourth-order valence-corrected chi connectivity index (χ4v) is 2.89. The summed E-state index contributed by atoms with van der Waals surface area (Å²) < 4.78 is 6.71. The van der Waals surface area contributed by atoms with Gasteiger partial charge in [-0.1, -0.05) is 40.7 Å². The summed E-state index contributed by atoms with van der Waals surface area (Å²) in [4.78, 5) is 16.7. The molecule has 0 bridgehead atoms. The number of carbonyl (C=O) groups excluding carboxylic acids is 1. The van der Waals surface area contributed by atoms with Crippen LogP contribution in [0.25, 0.3) is 11.6 Å². The van der Waals surface area contributed by atoms with Crippen LogP contribution in [0.3, 0.4) is 0 Å². The van der Waals surface area contributed by atoms with E-state index >= 15 is 0 Å². The van der Waals surface area contributed by atoms with Gasteiger partial charge in [-0.3, -0.25) is 4.79 Å². The molecule has 0 radical (unpaired) electrons. The first-order chi connectivity index (χ1) is 12.2. The van der Waals surface area contributed by atoms with E-state index < -0.39 is 0 Å². The molecule has 1 N–H and O–H groups in total. The van der Waals surface area contributed by atoms with Crippen LogP contribution < -0.4 is 5.32 Å². The summed E-state index contributed by atoms with van der Waals surface area (Å²) in [6.45, 7) is 2.75. The highest BCUT2D eigenvalue weighted by Gasteiger charge is 2.50. The van der Waals surface area contributed by atoms with Crippen molar-refractivity contribution >= 4 is 5.91 Å². The zero-order valence-electron chi connectivity index (χ0n) is 13.8. The van der Waals surface area contributed by atoms with E-state index in [0.29, 0.717) is 30.5 Å². The summed E-state index contributed by atoms with van der Waals surface area (Å²) in [7, 11) is 0. The van der Waals surface area contributed by atoms with Crippen molar-refractivity contribution in [3.63, 3.8) is 0 Å². The van der Waals surface area contributed by atoms with Gasteiger partial charge in [-0.15, -0.1) is 5.10 Å². The van der Waals surface area contributed by atoms with Crippen LogP contribution in [0, 0.1) is 6.92 Å². The first-order valence-corrected chi connectivity index (χ1v) is 8.22. The first-order valence-electron chi connectivity index (χ1n) is 8.22. The predicted octanol–water partition coefficient (Wildman–Crippen LogP) is 1.48. The third-order valence-corrected chi connectivity index (χ3v) is 4.42. The van der Waals surface area contributed by atoms with Crippen molar-refractivity contribution in [2.24, 2.45) is 0 Å². The van der Waals surface area contributed by atoms with Crippen LogP contribution in [0.5, 0.6) is 0 Å². The molecule has 1 aliphatic rings. The highest BCUT2D eigenvalue weighted by atomic mass is 16.5. The Hall–Kier alpha value is -3.03. The van der Waals surface area contributed by atoms with Crippen LogP contribution in [0.15, 0.2) is 41.1 Å². The van der Waals surface area contributed by atoms with Crippen LogP contribution in [0.2, 0.25) is 0 Å². The van der Waals surface area contributed by atoms with Gasteiger partial charge in [-0.25, -0.2) is 4.68 Å². The average molecular weight is 338 g/mol. The molecule has 0 atom stereocenters. The van der Waals surface area contributed by atoms with Crippen LogP contribution >= 0.6 is 0 Å². The van der Waals surface area contributed by atoms with Crippen molar-refractivity contribution in [3.05, 3.63) is 47.9 Å². The zero-order valence-corrected chi connectivity index (χ0v) is 13.8. The lowest BCUT2D eigenvalue weighted by atomic mass is 9.95. The van der Waals surface area contributed by atoms with Crippen molar-refractivity contribution in [2.45, 2.75) is 31.7 Å². The van der Waals surface area contributed by atoms with E-state index in [0.717, 1.165) is 18.4 Å². The zero-order chi connectivity index (χ0) is 17.3. The van der Waals surface area contributed by atoms with E-state index in [2.05, 4.69) is 25.8 Å². The normalized spacial score (nSPS) is 15.1. The van der Waals surface area contributed by atoms with Gasteiger partial charge in [0.1, 0.15) is 0 Å². The topological polar surface area (TPSA) is 98.7 Å². The minimum absolute atomic E-state index is 0.0755. The fourth-order valence-electron chi connectivity index (χ4n) is 2.89. The van der Waals surface area contributed by atoms with Gasteiger partial charge in [-0.2, -0.15) is 4.98 Å². The maximum absolute atomic E-state index is 12.6. The number of aromatic nitrogens is 5. The van der Waals surface area contributed by atoms with E-state index in [9.17, 15) is 4.79 Å².